The highest BCUT2D eigenvalue weighted by Crippen LogP contribution is 2.28. The van der Waals surface area contributed by atoms with Crippen LogP contribution >= 0.6 is 0 Å². The Hall–Kier alpha value is -3.43. The zero-order valence-electron chi connectivity index (χ0n) is 17.8. The number of ether oxygens (including phenoxy) is 2. The first kappa shape index (κ1) is 22.3. The van der Waals surface area contributed by atoms with Crippen molar-refractivity contribution in [2.75, 3.05) is 13.1 Å². The second-order valence-corrected chi connectivity index (χ2v) is 8.64. The predicted molar refractivity (Wildman–Crippen MR) is 105 cm³/mol. The number of rotatable bonds is 2. The minimum Gasteiger partial charge on any atom is -0.451 e. The van der Waals surface area contributed by atoms with Gasteiger partial charge in [0.1, 0.15) is 11.2 Å². The van der Waals surface area contributed by atoms with Crippen LogP contribution in [0.25, 0.3) is 0 Å². The highest BCUT2D eigenvalue weighted by atomic mass is 16.7. The predicted octanol–water partition coefficient (Wildman–Crippen LogP) is 2.07. The van der Waals surface area contributed by atoms with E-state index in [9.17, 15) is 24.0 Å². The van der Waals surface area contributed by atoms with E-state index in [2.05, 4.69) is 0 Å². The second kappa shape index (κ2) is 8.01. The summed E-state index contributed by atoms with van der Waals surface area (Å²) < 4.78 is 10.6. The lowest BCUT2D eigenvalue weighted by Gasteiger charge is -2.38. The van der Waals surface area contributed by atoms with Gasteiger partial charge in [-0.05, 0) is 39.8 Å². The molecule has 3 rings (SSSR count). The number of likely N-dealkylation sites (tertiary alicyclic amines) is 1. The first-order valence-electron chi connectivity index (χ1n) is 9.81. The van der Waals surface area contributed by atoms with Crippen LogP contribution in [0.15, 0.2) is 24.3 Å². The van der Waals surface area contributed by atoms with Crippen molar-refractivity contribution < 1.29 is 38.3 Å². The zero-order chi connectivity index (χ0) is 23.0. The number of imide groups is 1. The fourth-order valence-corrected chi connectivity index (χ4v) is 3.23. The number of benzene rings is 1. The Morgan fingerprint density at radius 3 is 1.94 bits per heavy atom. The molecule has 2 aliphatic heterocycles. The SMILES string of the molecule is CC(C)(C)OC(=O)N1CCC(C)(OC(=O)C(=O)ON2C(=O)c3ccccc3C2=O)CC1. The first-order valence-corrected chi connectivity index (χ1v) is 9.81. The van der Waals surface area contributed by atoms with Gasteiger partial charge in [-0.1, -0.05) is 17.2 Å². The third-order valence-electron chi connectivity index (χ3n) is 4.91. The Morgan fingerprint density at radius 2 is 1.45 bits per heavy atom. The summed E-state index contributed by atoms with van der Waals surface area (Å²) in [6.07, 6.45) is 0.0854. The molecule has 0 N–H and O–H groups in total. The van der Waals surface area contributed by atoms with Crippen molar-refractivity contribution in [3.63, 3.8) is 0 Å². The Kier molecular flexibility index (Phi) is 5.75. The van der Waals surface area contributed by atoms with Crippen LogP contribution in [0.5, 0.6) is 0 Å². The molecule has 0 aliphatic carbocycles. The Balaban J connectivity index is 1.55. The highest BCUT2D eigenvalue weighted by molar-refractivity contribution is 6.31. The maximum Gasteiger partial charge on any atom is 0.442 e. The standard InChI is InChI=1S/C21H24N2O8/c1-20(2,3)30-19(28)22-11-9-21(4,10-12-22)29-17(26)18(27)31-23-15(24)13-7-5-6-8-14(13)16(23)25/h5-8H,9-12H2,1-4H3. The van der Waals surface area contributed by atoms with Crippen LogP contribution in [0.3, 0.4) is 0 Å². The average Bonchev–Trinajstić information content (AvgIpc) is 2.92. The number of hydrogen-bond donors (Lipinski definition) is 0. The fraction of sp³-hybridized carbons (Fsp3) is 0.476. The molecule has 0 radical (unpaired) electrons. The normalized spacial score (nSPS) is 17.8. The maximum atomic E-state index is 12.2. The van der Waals surface area contributed by atoms with Crippen LogP contribution in [0.1, 0.15) is 61.3 Å². The third-order valence-corrected chi connectivity index (χ3v) is 4.91. The molecule has 1 saturated heterocycles. The van der Waals surface area contributed by atoms with Gasteiger partial charge in [0.2, 0.25) is 0 Å². The van der Waals surface area contributed by atoms with Gasteiger partial charge in [-0.3, -0.25) is 9.59 Å². The first-order chi connectivity index (χ1) is 14.4. The molecule has 0 bridgehead atoms. The monoisotopic (exact) mass is 432 g/mol. The molecule has 0 aromatic heterocycles. The lowest BCUT2D eigenvalue weighted by Crippen LogP contribution is -2.49. The van der Waals surface area contributed by atoms with Crippen molar-refractivity contribution in [2.24, 2.45) is 0 Å². The van der Waals surface area contributed by atoms with E-state index in [0.717, 1.165) is 0 Å². The minimum atomic E-state index is -1.48. The average molecular weight is 432 g/mol. The summed E-state index contributed by atoms with van der Waals surface area (Å²) in [6, 6.07) is 5.96. The number of amides is 3. The van der Waals surface area contributed by atoms with Crippen LogP contribution in [0, 0.1) is 0 Å². The summed E-state index contributed by atoms with van der Waals surface area (Å²) >= 11 is 0. The van der Waals surface area contributed by atoms with Gasteiger partial charge in [-0.2, -0.15) is 0 Å². The molecule has 2 heterocycles. The van der Waals surface area contributed by atoms with Crippen LogP contribution in [-0.4, -0.2) is 64.1 Å². The van der Waals surface area contributed by atoms with E-state index in [1.54, 1.807) is 39.8 Å². The number of esters is 1. The van der Waals surface area contributed by atoms with Crippen LogP contribution < -0.4 is 0 Å². The molecular weight excluding hydrogens is 408 g/mol. The van der Waals surface area contributed by atoms with Crippen molar-refractivity contribution in [3.05, 3.63) is 35.4 Å². The summed E-state index contributed by atoms with van der Waals surface area (Å²) in [7, 11) is 0. The van der Waals surface area contributed by atoms with Crippen molar-refractivity contribution in [1.82, 2.24) is 9.96 Å². The van der Waals surface area contributed by atoms with Crippen molar-refractivity contribution >= 4 is 29.8 Å². The Morgan fingerprint density at radius 1 is 0.935 bits per heavy atom. The number of hydroxylamine groups is 2. The lowest BCUT2D eigenvalue weighted by atomic mass is 9.93. The fourth-order valence-electron chi connectivity index (χ4n) is 3.23. The zero-order valence-corrected chi connectivity index (χ0v) is 17.8. The number of nitrogens with zero attached hydrogens (tertiary/aromatic N) is 2. The van der Waals surface area contributed by atoms with Crippen molar-refractivity contribution in [2.45, 2.75) is 51.7 Å². The number of piperidine rings is 1. The molecule has 10 heteroatoms. The number of carbonyl (C=O) groups excluding carboxylic acids is 5. The largest absolute Gasteiger partial charge is 0.451 e. The van der Waals surface area contributed by atoms with E-state index in [1.807, 2.05) is 0 Å². The summed E-state index contributed by atoms with van der Waals surface area (Å²) in [5, 5.41) is 0.252. The van der Waals surface area contributed by atoms with E-state index in [-0.39, 0.29) is 42.1 Å². The molecule has 166 valence electrons. The molecule has 1 fully saturated rings. The summed E-state index contributed by atoms with van der Waals surface area (Å²) in [5.41, 5.74) is -1.49. The van der Waals surface area contributed by atoms with Gasteiger partial charge in [-0.15, -0.1) is 0 Å². The van der Waals surface area contributed by atoms with Gasteiger partial charge in [0.25, 0.3) is 11.8 Å². The Bertz CT molecular complexity index is 906. The molecule has 1 aromatic carbocycles. The van der Waals surface area contributed by atoms with E-state index < -0.39 is 41.0 Å². The van der Waals surface area contributed by atoms with Crippen molar-refractivity contribution in [1.29, 1.82) is 0 Å². The molecule has 0 atom stereocenters. The van der Waals surface area contributed by atoms with Gasteiger partial charge >= 0.3 is 18.0 Å². The molecule has 31 heavy (non-hydrogen) atoms. The molecule has 0 saturated carbocycles. The number of hydrogen-bond acceptors (Lipinski definition) is 8. The van der Waals surface area contributed by atoms with Gasteiger partial charge in [0.15, 0.2) is 0 Å². The molecular formula is C21H24N2O8. The lowest BCUT2D eigenvalue weighted by molar-refractivity contribution is -0.191. The molecule has 2 aliphatic rings. The summed E-state index contributed by atoms with van der Waals surface area (Å²) in [5.74, 6) is -4.48. The van der Waals surface area contributed by atoms with E-state index in [0.29, 0.717) is 0 Å². The molecule has 3 amide bonds. The van der Waals surface area contributed by atoms with Crippen LogP contribution in [-0.2, 0) is 23.9 Å². The molecule has 0 spiro atoms. The third kappa shape index (κ3) is 4.84. The second-order valence-electron chi connectivity index (χ2n) is 8.64. The van der Waals surface area contributed by atoms with Gasteiger partial charge in [0, 0.05) is 25.9 Å². The molecule has 10 nitrogen and oxygen atoms in total. The van der Waals surface area contributed by atoms with Crippen molar-refractivity contribution in [3.8, 4) is 0 Å². The van der Waals surface area contributed by atoms with Gasteiger partial charge in [0.05, 0.1) is 11.1 Å². The number of fused-ring (bicyclic) bond motifs is 1. The number of carbonyl (C=O) groups is 5. The molecule has 0 unspecified atom stereocenters. The van der Waals surface area contributed by atoms with E-state index >= 15 is 0 Å². The van der Waals surface area contributed by atoms with E-state index in [1.165, 1.54) is 17.0 Å². The van der Waals surface area contributed by atoms with Gasteiger partial charge < -0.3 is 19.2 Å². The quantitative estimate of drug-likeness (QED) is 0.396. The molecule has 1 aromatic rings. The van der Waals surface area contributed by atoms with Crippen LogP contribution in [0.2, 0.25) is 0 Å². The Labute approximate surface area is 179 Å². The summed E-state index contributed by atoms with van der Waals surface area (Å²) in [6.45, 7) is 7.47. The highest BCUT2D eigenvalue weighted by Gasteiger charge is 2.42. The van der Waals surface area contributed by atoms with Crippen LogP contribution in [0.4, 0.5) is 4.79 Å². The van der Waals surface area contributed by atoms with Gasteiger partial charge in [-0.25, -0.2) is 14.4 Å². The minimum absolute atomic E-state index is 0.0788. The topological polar surface area (TPSA) is 120 Å². The smallest absolute Gasteiger partial charge is 0.442 e. The van der Waals surface area contributed by atoms with E-state index in [4.69, 9.17) is 14.3 Å². The maximum absolute atomic E-state index is 12.2. The summed E-state index contributed by atoms with van der Waals surface area (Å²) in [4.78, 5) is 67.3.